The Balaban J connectivity index is 1.36. The lowest BCUT2D eigenvalue weighted by atomic mass is 10.0. The Morgan fingerprint density at radius 2 is 2.07 bits per heavy atom. The lowest BCUT2D eigenvalue weighted by Gasteiger charge is -2.32. The number of hydrogen-bond donors (Lipinski definition) is 1. The second kappa shape index (κ2) is 9.64. The van der Waals surface area contributed by atoms with Crippen LogP contribution in [-0.2, 0) is 25.5 Å². The molecule has 1 aliphatic carbocycles. The Bertz CT molecular complexity index is 823. The van der Waals surface area contributed by atoms with Crippen molar-refractivity contribution in [3.8, 4) is 0 Å². The number of carbonyl (C=O) groups is 2. The van der Waals surface area contributed by atoms with Gasteiger partial charge in [-0.2, -0.15) is 0 Å². The van der Waals surface area contributed by atoms with E-state index < -0.39 is 12.3 Å². The van der Waals surface area contributed by atoms with Crippen molar-refractivity contribution >= 4 is 29.5 Å². The largest absolute Gasteiger partial charge is 0.354 e. The molecular weight excluding hydrogens is 400 g/mol. The van der Waals surface area contributed by atoms with E-state index in [1.54, 1.807) is 26.0 Å². The molecule has 30 heavy (non-hydrogen) atoms. The molecule has 0 spiro atoms. The van der Waals surface area contributed by atoms with Crippen molar-refractivity contribution in [2.75, 3.05) is 26.6 Å². The summed E-state index contributed by atoms with van der Waals surface area (Å²) in [4.78, 5) is 28.2. The predicted octanol–water partition coefficient (Wildman–Crippen LogP) is 2.62. The molecule has 0 aromatic heterocycles. The van der Waals surface area contributed by atoms with E-state index >= 15 is 0 Å². The molecule has 2 fully saturated rings. The maximum absolute atomic E-state index is 13.3. The van der Waals surface area contributed by atoms with Crippen LogP contribution in [0.15, 0.2) is 29.8 Å². The van der Waals surface area contributed by atoms with E-state index in [0.717, 1.165) is 25.7 Å². The molecule has 0 saturated carbocycles. The number of rotatable bonds is 8. The first-order chi connectivity index (χ1) is 14.6. The van der Waals surface area contributed by atoms with Crippen LogP contribution >= 0.6 is 11.8 Å². The fourth-order valence-electron chi connectivity index (χ4n) is 4.80. The number of hydrogen-bond acceptors (Lipinski definition) is 6. The fourth-order valence-corrected chi connectivity index (χ4v) is 5.97. The fraction of sp³-hybridized carbons (Fsp3) is 0.565. The summed E-state index contributed by atoms with van der Waals surface area (Å²) in [6.45, 7) is 0.682. The minimum absolute atomic E-state index is 0.00700. The third kappa shape index (κ3) is 4.35. The van der Waals surface area contributed by atoms with Gasteiger partial charge < -0.3 is 14.4 Å². The number of nitrogens with zero attached hydrogens (tertiary/aromatic N) is 1. The maximum Gasteiger partial charge on any atom is 0.241 e. The van der Waals surface area contributed by atoms with E-state index in [1.807, 2.05) is 11.0 Å². The van der Waals surface area contributed by atoms with Gasteiger partial charge in [0.1, 0.15) is 11.8 Å². The second-order valence-electron chi connectivity index (χ2n) is 8.14. The highest BCUT2D eigenvalue weighted by Crippen LogP contribution is 2.31. The lowest BCUT2D eigenvalue weighted by Crippen LogP contribution is -2.54. The van der Waals surface area contributed by atoms with Crippen LogP contribution in [0.25, 0.3) is 6.08 Å². The molecule has 1 aromatic rings. The monoisotopic (exact) mass is 430 g/mol. The predicted molar refractivity (Wildman–Crippen MR) is 118 cm³/mol. The zero-order valence-corrected chi connectivity index (χ0v) is 18.5. The van der Waals surface area contributed by atoms with E-state index in [4.69, 9.17) is 9.47 Å². The summed E-state index contributed by atoms with van der Waals surface area (Å²) in [5, 5.41) is 2.93. The Morgan fingerprint density at radius 3 is 2.83 bits per heavy atom. The smallest absolute Gasteiger partial charge is 0.241 e. The number of fused-ring (bicyclic) bond motifs is 1. The first kappa shape index (κ1) is 21.6. The Morgan fingerprint density at radius 1 is 1.27 bits per heavy atom. The van der Waals surface area contributed by atoms with Crippen molar-refractivity contribution in [1.29, 1.82) is 0 Å². The number of Topliss-reactive ketones (excluding diaryl/α,β-unsaturated/α-hetero) is 1. The topological polar surface area (TPSA) is 67.9 Å². The van der Waals surface area contributed by atoms with Gasteiger partial charge in [-0.05, 0) is 36.8 Å². The zero-order chi connectivity index (χ0) is 21.1. The molecule has 3 aliphatic rings. The number of carbonyl (C=O) groups excluding carboxylic acids is 2. The molecule has 1 aromatic carbocycles. The van der Waals surface area contributed by atoms with Gasteiger partial charge in [-0.25, -0.2) is 0 Å². The highest BCUT2D eigenvalue weighted by Gasteiger charge is 2.44. The molecular formula is C23H30N2O4S. The summed E-state index contributed by atoms with van der Waals surface area (Å²) in [5.74, 6) is 0.774. The first-order valence-corrected chi connectivity index (χ1v) is 11.7. The molecule has 7 heteroatoms. The van der Waals surface area contributed by atoms with Crippen LogP contribution in [0.3, 0.4) is 0 Å². The Kier molecular flexibility index (Phi) is 6.93. The first-order valence-electron chi connectivity index (χ1n) is 10.6. The number of ether oxygens (including phenoxy) is 2. The van der Waals surface area contributed by atoms with Crippen LogP contribution in [-0.4, -0.2) is 66.9 Å². The van der Waals surface area contributed by atoms with Crippen molar-refractivity contribution in [3.05, 3.63) is 41.0 Å². The Hall–Kier alpha value is -1.67. The normalized spacial score (nSPS) is 25.6. The van der Waals surface area contributed by atoms with Crippen LogP contribution in [0.1, 0.15) is 36.8 Å². The van der Waals surface area contributed by atoms with E-state index in [0.29, 0.717) is 18.8 Å². The third-order valence-electron chi connectivity index (χ3n) is 6.34. The molecule has 2 saturated heterocycles. The van der Waals surface area contributed by atoms with Gasteiger partial charge in [0.15, 0.2) is 6.29 Å². The summed E-state index contributed by atoms with van der Waals surface area (Å²) in [6, 6.07) is 7.80. The third-order valence-corrected chi connectivity index (χ3v) is 7.57. The van der Waals surface area contributed by atoms with Crippen LogP contribution in [0, 0.1) is 0 Å². The van der Waals surface area contributed by atoms with Gasteiger partial charge in [0.2, 0.25) is 5.91 Å². The van der Waals surface area contributed by atoms with Crippen molar-refractivity contribution < 1.29 is 19.1 Å². The van der Waals surface area contributed by atoms with Gasteiger partial charge in [-0.3, -0.25) is 14.9 Å². The van der Waals surface area contributed by atoms with Crippen molar-refractivity contribution in [2.45, 2.75) is 55.7 Å². The highest BCUT2D eigenvalue weighted by molar-refractivity contribution is 8.00. The molecule has 4 rings (SSSR count). The standard InChI is InChI=1S/C23H30N2O4S/c1-28-23(29-2)18-8-5-11-25(18)22(27)20-21(30-14-24-20)19(26)10-9-15-12-16-6-3-4-7-17(16)13-15/h3-4,6-7,12,18,20-21,23-24H,5,8-11,13-14H2,1-2H3/t18-,20-,21?/m0/s1. The van der Waals surface area contributed by atoms with Gasteiger partial charge in [-0.15, -0.1) is 11.8 Å². The summed E-state index contributed by atoms with van der Waals surface area (Å²) >= 11 is 1.55. The van der Waals surface area contributed by atoms with Crippen LogP contribution < -0.4 is 5.32 Å². The minimum atomic E-state index is -0.466. The Labute approximate surface area is 182 Å². The SMILES string of the molecule is COC(OC)[C@@H]1CCCN1C(=O)[C@H]1NCSC1C(=O)CCC1=Cc2ccccc2C1. The molecule has 1 unspecified atom stereocenters. The van der Waals surface area contributed by atoms with Gasteiger partial charge in [-0.1, -0.05) is 35.9 Å². The van der Waals surface area contributed by atoms with Crippen molar-refractivity contribution in [3.63, 3.8) is 0 Å². The molecule has 1 N–H and O–H groups in total. The average Bonchev–Trinajstić information content (AvgIpc) is 3.51. The molecule has 2 heterocycles. The molecule has 2 aliphatic heterocycles. The second-order valence-corrected chi connectivity index (χ2v) is 9.27. The molecule has 3 atom stereocenters. The number of ketones is 1. The lowest BCUT2D eigenvalue weighted by molar-refractivity contribution is -0.158. The van der Waals surface area contributed by atoms with E-state index in [2.05, 4.69) is 29.6 Å². The number of amides is 1. The number of nitrogens with one attached hydrogen (secondary N) is 1. The van der Waals surface area contributed by atoms with Crippen molar-refractivity contribution in [2.24, 2.45) is 0 Å². The molecule has 6 nitrogen and oxygen atoms in total. The molecule has 0 radical (unpaired) electrons. The summed E-state index contributed by atoms with van der Waals surface area (Å²) < 4.78 is 10.8. The van der Waals surface area contributed by atoms with Crippen molar-refractivity contribution in [1.82, 2.24) is 10.2 Å². The number of thioether (sulfide) groups is 1. The number of benzene rings is 1. The number of likely N-dealkylation sites (tertiary alicyclic amines) is 1. The summed E-state index contributed by atoms with van der Waals surface area (Å²) in [7, 11) is 3.20. The molecule has 1 amide bonds. The number of methoxy groups -OCH3 is 2. The minimum Gasteiger partial charge on any atom is -0.354 e. The van der Waals surface area contributed by atoms with Gasteiger partial charge in [0, 0.05) is 33.1 Å². The average molecular weight is 431 g/mol. The summed E-state index contributed by atoms with van der Waals surface area (Å²) in [6.07, 6.45) is 5.70. The molecule has 0 bridgehead atoms. The zero-order valence-electron chi connectivity index (χ0n) is 17.6. The van der Waals surface area contributed by atoms with Gasteiger partial charge in [0.05, 0.1) is 11.3 Å². The van der Waals surface area contributed by atoms with E-state index in [-0.39, 0.29) is 23.0 Å². The quantitative estimate of drug-likeness (QED) is 0.640. The van der Waals surface area contributed by atoms with Crippen LogP contribution in [0.5, 0.6) is 0 Å². The highest BCUT2D eigenvalue weighted by atomic mass is 32.2. The van der Waals surface area contributed by atoms with Crippen LogP contribution in [0.4, 0.5) is 0 Å². The summed E-state index contributed by atoms with van der Waals surface area (Å²) in [5.41, 5.74) is 3.89. The van der Waals surface area contributed by atoms with Gasteiger partial charge in [0.25, 0.3) is 0 Å². The maximum atomic E-state index is 13.3. The van der Waals surface area contributed by atoms with E-state index in [9.17, 15) is 9.59 Å². The van der Waals surface area contributed by atoms with Gasteiger partial charge >= 0.3 is 0 Å². The molecule has 162 valence electrons. The number of allylic oxidation sites excluding steroid dienone is 1. The van der Waals surface area contributed by atoms with Crippen LogP contribution in [0.2, 0.25) is 0 Å². The van der Waals surface area contributed by atoms with E-state index in [1.165, 1.54) is 16.7 Å².